The Labute approximate surface area is 204 Å². The van der Waals surface area contributed by atoms with Gasteiger partial charge in [0.15, 0.2) is 11.0 Å². The van der Waals surface area contributed by atoms with Crippen molar-refractivity contribution in [3.8, 4) is 11.4 Å². The van der Waals surface area contributed by atoms with E-state index in [9.17, 15) is 4.79 Å². The summed E-state index contributed by atoms with van der Waals surface area (Å²) in [5, 5.41) is 12.2. The third-order valence-electron chi connectivity index (χ3n) is 5.52. The fourth-order valence-electron chi connectivity index (χ4n) is 3.74. The molecule has 172 valence electrons. The monoisotopic (exact) mass is 468 g/mol. The SMILES string of the molecule is C=CCn1c(S[C@H](C(=O)Nc2cc(C)ccc2C)c2ccccc2)nnc1-c1cccc(C)c1. The van der Waals surface area contributed by atoms with E-state index in [0.29, 0.717) is 11.7 Å². The first-order valence-corrected chi connectivity index (χ1v) is 12.0. The molecule has 0 radical (unpaired) electrons. The maximum absolute atomic E-state index is 13.6. The number of rotatable bonds is 8. The zero-order chi connectivity index (χ0) is 24.1. The fourth-order valence-corrected chi connectivity index (χ4v) is 4.79. The van der Waals surface area contributed by atoms with Gasteiger partial charge in [-0.1, -0.05) is 84.1 Å². The van der Waals surface area contributed by atoms with Gasteiger partial charge in [-0.15, -0.1) is 16.8 Å². The number of carbonyl (C=O) groups excluding carboxylic acids is 1. The lowest BCUT2D eigenvalue weighted by Gasteiger charge is -2.18. The number of hydrogen-bond acceptors (Lipinski definition) is 4. The summed E-state index contributed by atoms with van der Waals surface area (Å²) in [4.78, 5) is 13.6. The lowest BCUT2D eigenvalue weighted by atomic mass is 10.1. The van der Waals surface area contributed by atoms with Crippen molar-refractivity contribution in [2.45, 2.75) is 37.7 Å². The summed E-state index contributed by atoms with van der Waals surface area (Å²) in [5.41, 5.74) is 5.97. The van der Waals surface area contributed by atoms with E-state index in [-0.39, 0.29) is 5.91 Å². The summed E-state index contributed by atoms with van der Waals surface area (Å²) >= 11 is 1.40. The van der Waals surface area contributed by atoms with Crippen molar-refractivity contribution >= 4 is 23.4 Å². The van der Waals surface area contributed by atoms with Crippen LogP contribution >= 0.6 is 11.8 Å². The molecular weight excluding hydrogens is 440 g/mol. The van der Waals surface area contributed by atoms with Crippen molar-refractivity contribution in [3.63, 3.8) is 0 Å². The van der Waals surface area contributed by atoms with Crippen molar-refractivity contribution in [2.24, 2.45) is 0 Å². The summed E-state index contributed by atoms with van der Waals surface area (Å²) < 4.78 is 2.01. The molecule has 5 nitrogen and oxygen atoms in total. The van der Waals surface area contributed by atoms with Crippen LogP contribution in [0.15, 0.2) is 90.6 Å². The van der Waals surface area contributed by atoms with E-state index in [1.807, 2.05) is 85.2 Å². The number of nitrogens with one attached hydrogen (secondary N) is 1. The van der Waals surface area contributed by atoms with E-state index in [4.69, 9.17) is 0 Å². The Morgan fingerprint density at radius 1 is 1.00 bits per heavy atom. The quantitative estimate of drug-likeness (QED) is 0.236. The Bertz CT molecular complexity index is 1310. The molecule has 0 bridgehead atoms. The highest BCUT2D eigenvalue weighted by atomic mass is 32.2. The maximum atomic E-state index is 13.6. The second kappa shape index (κ2) is 10.5. The van der Waals surface area contributed by atoms with Crippen LogP contribution in [0.3, 0.4) is 0 Å². The second-order valence-corrected chi connectivity index (χ2v) is 9.36. The van der Waals surface area contributed by atoms with Gasteiger partial charge in [-0.25, -0.2) is 0 Å². The van der Waals surface area contributed by atoms with Crippen molar-refractivity contribution in [3.05, 3.63) is 108 Å². The number of nitrogens with zero attached hydrogens (tertiary/aromatic N) is 3. The summed E-state index contributed by atoms with van der Waals surface area (Å²) in [6, 6.07) is 24.0. The van der Waals surface area contributed by atoms with Gasteiger partial charge in [0.2, 0.25) is 5.91 Å². The normalized spacial score (nSPS) is 11.7. The van der Waals surface area contributed by atoms with Gasteiger partial charge >= 0.3 is 0 Å². The summed E-state index contributed by atoms with van der Waals surface area (Å²) in [6.45, 7) is 10.5. The largest absolute Gasteiger partial charge is 0.325 e. The number of amides is 1. The number of anilines is 1. The standard InChI is InChI=1S/C28H28N4OS/c1-5-16-32-26(23-13-9-10-19(2)17-23)30-31-28(32)34-25(22-11-7-6-8-12-22)27(33)29-24-18-20(3)14-15-21(24)4/h5-15,17-18,25H,1,16H2,2-4H3,(H,29,33)/t25-/m0/s1. The number of thioether (sulfide) groups is 1. The highest BCUT2D eigenvalue weighted by Crippen LogP contribution is 2.37. The number of aryl methyl sites for hydroxylation is 3. The molecule has 4 rings (SSSR count). The van der Waals surface area contributed by atoms with Gasteiger partial charge in [0.25, 0.3) is 0 Å². The van der Waals surface area contributed by atoms with E-state index in [1.54, 1.807) is 0 Å². The molecule has 1 amide bonds. The first-order chi connectivity index (χ1) is 16.5. The summed E-state index contributed by atoms with van der Waals surface area (Å²) in [6.07, 6.45) is 1.82. The van der Waals surface area contributed by atoms with Crippen LogP contribution in [0.5, 0.6) is 0 Å². The molecule has 34 heavy (non-hydrogen) atoms. The lowest BCUT2D eigenvalue weighted by molar-refractivity contribution is -0.115. The molecule has 4 aromatic rings. The van der Waals surface area contributed by atoms with Crippen LogP contribution in [-0.2, 0) is 11.3 Å². The second-order valence-electron chi connectivity index (χ2n) is 8.29. The minimum Gasteiger partial charge on any atom is -0.325 e. The number of carbonyl (C=O) groups is 1. The molecule has 1 N–H and O–H groups in total. The van der Waals surface area contributed by atoms with Crippen LogP contribution in [0.2, 0.25) is 0 Å². The van der Waals surface area contributed by atoms with Gasteiger partial charge in [-0.2, -0.15) is 0 Å². The highest BCUT2D eigenvalue weighted by Gasteiger charge is 2.26. The van der Waals surface area contributed by atoms with Gasteiger partial charge < -0.3 is 5.32 Å². The average Bonchev–Trinajstić information content (AvgIpc) is 3.23. The third kappa shape index (κ3) is 5.29. The molecular formula is C28H28N4OS. The molecule has 0 unspecified atom stereocenters. The molecule has 0 spiro atoms. The third-order valence-corrected chi connectivity index (χ3v) is 6.75. The minimum atomic E-state index is -0.501. The van der Waals surface area contributed by atoms with Gasteiger partial charge in [-0.05, 0) is 49.6 Å². The van der Waals surface area contributed by atoms with Crippen LogP contribution in [0.1, 0.15) is 27.5 Å². The Morgan fingerprint density at radius 2 is 1.76 bits per heavy atom. The van der Waals surface area contributed by atoms with Crippen molar-refractivity contribution in [2.75, 3.05) is 5.32 Å². The molecule has 3 aromatic carbocycles. The van der Waals surface area contributed by atoms with Gasteiger partial charge in [-0.3, -0.25) is 9.36 Å². The Hall–Kier alpha value is -3.64. The molecule has 0 aliphatic carbocycles. The molecule has 0 fully saturated rings. The predicted octanol–water partition coefficient (Wildman–Crippen LogP) is 6.53. The topological polar surface area (TPSA) is 59.8 Å². The molecule has 0 saturated carbocycles. The van der Waals surface area contributed by atoms with Gasteiger partial charge in [0.05, 0.1) is 0 Å². The number of hydrogen-bond donors (Lipinski definition) is 1. The first kappa shape index (κ1) is 23.5. The van der Waals surface area contributed by atoms with Gasteiger partial charge in [0.1, 0.15) is 5.25 Å². The summed E-state index contributed by atoms with van der Waals surface area (Å²) in [5.74, 6) is 0.656. The van der Waals surface area contributed by atoms with E-state index < -0.39 is 5.25 Å². The summed E-state index contributed by atoms with van der Waals surface area (Å²) in [7, 11) is 0. The molecule has 1 aromatic heterocycles. The smallest absolute Gasteiger partial charge is 0.242 e. The van der Waals surface area contributed by atoms with E-state index >= 15 is 0 Å². The van der Waals surface area contributed by atoms with Crippen LogP contribution in [0.25, 0.3) is 11.4 Å². The predicted molar refractivity (Wildman–Crippen MR) is 140 cm³/mol. The van der Waals surface area contributed by atoms with E-state index in [2.05, 4.69) is 41.1 Å². The van der Waals surface area contributed by atoms with Crippen LogP contribution in [0, 0.1) is 20.8 Å². The maximum Gasteiger partial charge on any atom is 0.242 e. The fraction of sp³-hybridized carbons (Fsp3) is 0.179. The highest BCUT2D eigenvalue weighted by molar-refractivity contribution is 8.00. The van der Waals surface area contributed by atoms with Crippen LogP contribution < -0.4 is 5.32 Å². The van der Waals surface area contributed by atoms with Gasteiger partial charge in [0, 0.05) is 17.8 Å². The Morgan fingerprint density at radius 3 is 2.50 bits per heavy atom. The molecule has 0 aliphatic rings. The van der Waals surface area contributed by atoms with Crippen LogP contribution in [0.4, 0.5) is 5.69 Å². The molecule has 1 atom stereocenters. The zero-order valence-corrected chi connectivity index (χ0v) is 20.5. The molecule has 6 heteroatoms. The minimum absolute atomic E-state index is 0.102. The van der Waals surface area contributed by atoms with Crippen molar-refractivity contribution < 1.29 is 4.79 Å². The van der Waals surface area contributed by atoms with Crippen molar-refractivity contribution in [1.29, 1.82) is 0 Å². The molecule has 0 aliphatic heterocycles. The zero-order valence-electron chi connectivity index (χ0n) is 19.7. The first-order valence-electron chi connectivity index (χ1n) is 11.2. The Kier molecular flexibility index (Phi) is 7.28. The van der Waals surface area contributed by atoms with E-state index in [0.717, 1.165) is 39.3 Å². The average molecular weight is 469 g/mol. The number of benzene rings is 3. The lowest BCUT2D eigenvalue weighted by Crippen LogP contribution is -2.20. The van der Waals surface area contributed by atoms with Crippen molar-refractivity contribution in [1.82, 2.24) is 14.8 Å². The Balaban J connectivity index is 1.70. The molecule has 0 saturated heterocycles. The number of aromatic nitrogens is 3. The van der Waals surface area contributed by atoms with Crippen LogP contribution in [-0.4, -0.2) is 20.7 Å². The molecule has 1 heterocycles. The van der Waals surface area contributed by atoms with E-state index in [1.165, 1.54) is 11.8 Å². The number of allylic oxidation sites excluding steroid dienone is 1.